The molecule has 0 saturated carbocycles. The van der Waals surface area contributed by atoms with Crippen LogP contribution < -0.4 is 21.4 Å². The van der Waals surface area contributed by atoms with Crippen molar-refractivity contribution in [1.29, 1.82) is 0 Å². The highest BCUT2D eigenvalue weighted by Gasteiger charge is 2.20. The van der Waals surface area contributed by atoms with E-state index in [1.165, 1.54) is 9.75 Å². The fourth-order valence-corrected chi connectivity index (χ4v) is 2.86. The minimum atomic E-state index is -1.75. The Hall–Kier alpha value is -2.74. The van der Waals surface area contributed by atoms with Crippen LogP contribution in [-0.4, -0.2) is 10.2 Å². The number of aromatic amines is 2. The molecule has 2 aromatic heterocycles. The van der Waals surface area contributed by atoms with Crippen molar-refractivity contribution < 1.29 is 20.1 Å². The Labute approximate surface area is 130 Å². The van der Waals surface area contributed by atoms with Gasteiger partial charge in [-0.2, -0.15) is 0 Å². The van der Waals surface area contributed by atoms with Gasteiger partial charge in [0.2, 0.25) is 0 Å². The number of nitrogens with one attached hydrogen (secondary N) is 2. The van der Waals surface area contributed by atoms with Crippen LogP contribution in [0.3, 0.4) is 0 Å². The Bertz CT molecular complexity index is 591. The Morgan fingerprint density at radius 2 is 1.05 bits per heavy atom. The Morgan fingerprint density at radius 3 is 1.18 bits per heavy atom. The number of nitrogen functional groups attached to an aromatic ring is 2. The zero-order valence-electron chi connectivity index (χ0n) is 11.3. The van der Waals surface area contributed by atoms with Gasteiger partial charge >= 0.3 is 10.3 Å². The van der Waals surface area contributed by atoms with Crippen LogP contribution in [0.25, 0.3) is 11.4 Å². The molecule has 0 spiro atoms. The monoisotopic (exact) mass is 352 g/mol. The molecule has 0 aliphatic rings. The normalized spacial score (nSPS) is 9.00. The van der Waals surface area contributed by atoms with Crippen molar-refractivity contribution in [3.05, 3.63) is 40.4 Å². The van der Waals surface area contributed by atoms with Crippen molar-refractivity contribution in [2.45, 2.75) is 13.8 Å². The molecule has 6 N–H and O–H groups in total. The van der Waals surface area contributed by atoms with E-state index < -0.39 is 10.2 Å². The van der Waals surface area contributed by atoms with Gasteiger partial charge < -0.3 is 30.6 Å². The molecule has 0 aliphatic heterocycles. The summed E-state index contributed by atoms with van der Waals surface area (Å²) in [5, 5.41) is 30.9. The lowest BCUT2D eigenvalue weighted by Gasteiger charge is -1.88. The van der Waals surface area contributed by atoms with E-state index in [-0.39, 0.29) is 0 Å². The predicted molar refractivity (Wildman–Crippen MR) is 79.8 cm³/mol. The van der Waals surface area contributed by atoms with Gasteiger partial charge in [-0.1, -0.05) is 22.7 Å². The number of rotatable bonds is 1. The molecule has 0 fully saturated rings. The average Bonchev–Trinajstić information content (AvgIpc) is 2.79. The van der Waals surface area contributed by atoms with Crippen LogP contribution in [0.4, 0.5) is 10.3 Å². The molecule has 0 amide bonds. The van der Waals surface area contributed by atoms with E-state index >= 15 is 0 Å². The molecule has 0 aromatic carbocycles. The first kappa shape index (κ1) is 19.3. The average molecular weight is 352 g/mol. The van der Waals surface area contributed by atoms with Crippen molar-refractivity contribution in [3.63, 3.8) is 0 Å². The van der Waals surface area contributed by atoms with Gasteiger partial charge in [-0.3, -0.25) is 11.5 Å². The largest absolute Gasteiger partial charge is 0.356 e. The van der Waals surface area contributed by atoms with Crippen LogP contribution >= 0.6 is 22.7 Å². The highest BCUT2D eigenvalue weighted by atomic mass is 32.1. The molecule has 0 atom stereocenters. The van der Waals surface area contributed by atoms with Crippen molar-refractivity contribution >= 4 is 32.9 Å². The molecular formula is C8H12N6O6S2. The minimum absolute atomic E-state index is 0.718. The van der Waals surface area contributed by atoms with Crippen molar-refractivity contribution in [2.75, 3.05) is 11.5 Å². The van der Waals surface area contributed by atoms with Crippen LogP contribution in [-0.2, 0) is 0 Å². The fraction of sp³-hybridized carbons (Fsp3) is 0.250. The lowest BCUT2D eigenvalue weighted by atomic mass is 10.2. The molecule has 12 nitrogen and oxygen atoms in total. The maximum atomic E-state index is 8.25. The van der Waals surface area contributed by atoms with Crippen molar-refractivity contribution in [3.8, 4) is 11.4 Å². The number of H-pyrrole nitrogens is 2. The maximum absolute atomic E-state index is 8.25. The first-order chi connectivity index (χ1) is 10.0. The van der Waals surface area contributed by atoms with E-state index in [4.69, 9.17) is 42.1 Å². The van der Waals surface area contributed by atoms with E-state index in [1.54, 1.807) is 22.7 Å². The number of nitrogens with two attached hydrogens (primary N) is 2. The number of thiazole rings is 2. The van der Waals surface area contributed by atoms with Crippen molar-refractivity contribution in [2.24, 2.45) is 0 Å². The zero-order valence-corrected chi connectivity index (χ0v) is 12.9. The van der Waals surface area contributed by atoms with Crippen LogP contribution in [0.15, 0.2) is 0 Å². The van der Waals surface area contributed by atoms with Crippen molar-refractivity contribution in [1.82, 2.24) is 0 Å². The second-order valence-electron chi connectivity index (χ2n) is 3.49. The summed E-state index contributed by atoms with van der Waals surface area (Å²) in [7, 11) is 0. The first-order valence-corrected chi connectivity index (χ1v) is 6.87. The molecule has 2 aromatic rings. The topological polar surface area (TPSA) is 213 Å². The number of hydrogen-bond donors (Lipinski definition) is 2. The zero-order chi connectivity index (χ0) is 17.4. The summed E-state index contributed by atoms with van der Waals surface area (Å²) in [6.07, 6.45) is 0. The molecule has 2 heterocycles. The summed E-state index contributed by atoms with van der Waals surface area (Å²) in [4.78, 5) is 25.1. The molecular weight excluding hydrogens is 340 g/mol. The summed E-state index contributed by atoms with van der Waals surface area (Å²) in [6.45, 7) is 4.07. The molecule has 122 valence electrons. The third kappa shape index (κ3) is 7.15. The summed E-state index contributed by atoms with van der Waals surface area (Å²) >= 11 is 3.10. The second-order valence-corrected chi connectivity index (χ2v) is 6.00. The van der Waals surface area contributed by atoms with E-state index in [0.29, 0.717) is 0 Å². The van der Waals surface area contributed by atoms with Gasteiger partial charge in [0.05, 0.1) is 19.9 Å². The predicted octanol–water partition coefficient (Wildman–Crippen LogP) is 0.408. The molecule has 22 heavy (non-hydrogen) atoms. The summed E-state index contributed by atoms with van der Waals surface area (Å²) < 4.78 is 0. The second kappa shape index (κ2) is 8.53. The molecule has 0 aliphatic carbocycles. The van der Waals surface area contributed by atoms with E-state index in [2.05, 4.69) is 9.97 Å². The Morgan fingerprint density at radius 1 is 0.818 bits per heavy atom. The van der Waals surface area contributed by atoms with Gasteiger partial charge in [0, 0.05) is 0 Å². The van der Waals surface area contributed by atoms with E-state index in [0.717, 1.165) is 21.7 Å². The summed E-state index contributed by atoms with van der Waals surface area (Å²) in [5.74, 6) is 0. The number of hydrogen-bond acceptors (Lipinski definition) is 10. The lowest BCUT2D eigenvalue weighted by Crippen LogP contribution is -2.15. The maximum Gasteiger partial charge on any atom is 0.330 e. The van der Waals surface area contributed by atoms with Crippen LogP contribution in [0.2, 0.25) is 0 Å². The third-order valence-electron chi connectivity index (χ3n) is 1.98. The molecule has 14 heteroatoms. The van der Waals surface area contributed by atoms with Gasteiger partial charge in [-0.05, 0) is 13.8 Å². The smallest absolute Gasteiger partial charge is 0.330 e. The van der Waals surface area contributed by atoms with Gasteiger partial charge in [0.1, 0.15) is 0 Å². The quantitative estimate of drug-likeness (QED) is 0.540. The SMILES string of the molecule is Cc1sc(N)[nH+]c1-c1[nH+]c(N)sc1C.O=[N+]([O-])[O-].O=[N+]([O-])[O-]. The van der Waals surface area contributed by atoms with Gasteiger partial charge in [-0.15, -0.1) is 0 Å². The minimum Gasteiger partial charge on any atom is -0.356 e. The first-order valence-electron chi connectivity index (χ1n) is 5.24. The summed E-state index contributed by atoms with van der Waals surface area (Å²) in [5.41, 5.74) is 13.5. The van der Waals surface area contributed by atoms with Crippen LogP contribution in [0.1, 0.15) is 9.75 Å². The molecule has 0 saturated heterocycles. The van der Waals surface area contributed by atoms with Gasteiger partial charge in [0.15, 0.2) is 11.4 Å². The fourth-order valence-electron chi connectivity index (χ4n) is 1.38. The van der Waals surface area contributed by atoms with Crippen LogP contribution in [0, 0.1) is 44.5 Å². The highest BCUT2D eigenvalue weighted by molar-refractivity contribution is 7.16. The lowest BCUT2D eigenvalue weighted by molar-refractivity contribution is -0.403. The third-order valence-corrected chi connectivity index (χ3v) is 3.64. The number of aromatic nitrogens is 2. The Kier molecular flexibility index (Phi) is 7.46. The standard InChI is InChI=1S/C8H10N4S2.2NO3/c1-3-5(11-7(9)13-3)6-4(2)14-8(10)12-6;2*2-1(3)4/h1-2H3,(H2,9,11)(H2,10,12);;/q;2*-1/p+2. The molecule has 0 bridgehead atoms. The molecule has 2 rings (SSSR count). The number of nitrogens with zero attached hydrogens (tertiary/aromatic N) is 2. The van der Waals surface area contributed by atoms with Gasteiger partial charge in [0.25, 0.3) is 0 Å². The Balaban J connectivity index is 0.000000464. The number of anilines is 2. The summed E-state index contributed by atoms with van der Waals surface area (Å²) in [6, 6.07) is 0. The number of aryl methyl sites for hydroxylation is 2. The molecule has 0 radical (unpaired) electrons. The van der Waals surface area contributed by atoms with Gasteiger partial charge in [-0.25, -0.2) is 9.97 Å². The van der Waals surface area contributed by atoms with Crippen LogP contribution in [0.5, 0.6) is 0 Å². The highest BCUT2D eigenvalue weighted by Crippen LogP contribution is 2.28. The molecule has 0 unspecified atom stereocenters. The van der Waals surface area contributed by atoms with E-state index in [9.17, 15) is 0 Å². The van der Waals surface area contributed by atoms with E-state index in [1.807, 2.05) is 13.8 Å².